The quantitative estimate of drug-likeness (QED) is 0.850. The number of likely N-dealkylation sites (N-methyl/N-ethyl adjacent to an activating group) is 1. The molecule has 0 aromatic carbocycles. The van der Waals surface area contributed by atoms with Crippen molar-refractivity contribution >= 4 is 17.2 Å². The molecule has 0 radical (unpaired) electrons. The molecule has 1 fully saturated rings. The Balaban J connectivity index is 1.87. The lowest BCUT2D eigenvalue weighted by Crippen LogP contribution is -2.41. The van der Waals surface area contributed by atoms with Gasteiger partial charge in [-0.15, -0.1) is 11.3 Å². The Kier molecular flexibility index (Phi) is 4.09. The molecule has 1 aliphatic rings. The number of thiazole rings is 1. The minimum Gasteiger partial charge on any atom is -0.380 e. The number of methoxy groups -OCH3 is 1. The van der Waals surface area contributed by atoms with Gasteiger partial charge in [0.15, 0.2) is 0 Å². The molecule has 1 N–H and O–H groups in total. The van der Waals surface area contributed by atoms with E-state index in [4.69, 9.17) is 4.74 Å². The van der Waals surface area contributed by atoms with Crippen LogP contribution in [0.15, 0.2) is 10.9 Å². The van der Waals surface area contributed by atoms with E-state index in [1.54, 1.807) is 28.9 Å². The molecule has 1 aromatic rings. The first-order chi connectivity index (χ1) is 8.20. The second kappa shape index (κ2) is 5.57. The third-order valence-electron chi connectivity index (χ3n) is 2.98. The summed E-state index contributed by atoms with van der Waals surface area (Å²) in [6.07, 6.45) is 0.896. The number of nitrogens with one attached hydrogen (secondary N) is 1. The number of rotatable bonds is 4. The molecule has 2 unspecified atom stereocenters. The average Bonchev–Trinajstić information content (AvgIpc) is 2.98. The first-order valence-electron chi connectivity index (χ1n) is 5.59. The molecule has 5 nitrogen and oxygen atoms in total. The molecule has 1 aromatic heterocycles. The molecule has 2 rings (SSSR count). The maximum absolute atomic E-state index is 12.1. The van der Waals surface area contributed by atoms with Gasteiger partial charge in [0.25, 0.3) is 0 Å². The van der Waals surface area contributed by atoms with Crippen molar-refractivity contribution in [3.63, 3.8) is 0 Å². The highest BCUT2D eigenvalue weighted by molar-refractivity contribution is 7.07. The summed E-state index contributed by atoms with van der Waals surface area (Å²) in [5.74, 6) is 0.109. The van der Waals surface area contributed by atoms with E-state index >= 15 is 0 Å². The fourth-order valence-electron chi connectivity index (χ4n) is 1.97. The molecule has 6 heteroatoms. The Morgan fingerprint density at radius 3 is 3.18 bits per heavy atom. The molecule has 1 saturated heterocycles. The predicted molar refractivity (Wildman–Crippen MR) is 65.8 cm³/mol. The van der Waals surface area contributed by atoms with Gasteiger partial charge in [-0.3, -0.25) is 4.79 Å². The fourth-order valence-corrected chi connectivity index (χ4v) is 2.52. The number of aromatic nitrogens is 1. The Morgan fingerprint density at radius 2 is 2.59 bits per heavy atom. The molecular formula is C11H17N3O2S. The lowest BCUT2D eigenvalue weighted by atomic mass is 10.2. The topological polar surface area (TPSA) is 54.5 Å². The summed E-state index contributed by atoms with van der Waals surface area (Å²) < 4.78 is 5.23. The lowest BCUT2D eigenvalue weighted by Gasteiger charge is -2.20. The van der Waals surface area contributed by atoms with Crippen LogP contribution in [-0.4, -0.2) is 48.6 Å². The Bertz CT molecular complexity index is 369. The summed E-state index contributed by atoms with van der Waals surface area (Å²) >= 11 is 1.54. The maximum atomic E-state index is 12.1. The van der Waals surface area contributed by atoms with E-state index in [0.717, 1.165) is 18.7 Å². The lowest BCUT2D eigenvalue weighted by molar-refractivity contribution is -0.132. The monoisotopic (exact) mass is 255 g/mol. The summed E-state index contributed by atoms with van der Waals surface area (Å²) in [5.41, 5.74) is 2.72. The second-order valence-corrected chi connectivity index (χ2v) is 4.95. The summed E-state index contributed by atoms with van der Waals surface area (Å²) in [6.45, 7) is 1.32. The number of carbonyl (C=O) groups is 1. The van der Waals surface area contributed by atoms with Crippen LogP contribution in [0.5, 0.6) is 0 Å². The zero-order valence-electron chi connectivity index (χ0n) is 10.0. The smallest absolute Gasteiger partial charge is 0.239 e. The van der Waals surface area contributed by atoms with Crippen LogP contribution in [-0.2, 0) is 16.1 Å². The van der Waals surface area contributed by atoms with Gasteiger partial charge in [0.05, 0.1) is 29.9 Å². The number of ether oxygens (including phenoxy) is 1. The first-order valence-corrected chi connectivity index (χ1v) is 6.53. The fraction of sp³-hybridized carbons (Fsp3) is 0.636. The molecule has 2 atom stereocenters. The average molecular weight is 255 g/mol. The highest BCUT2D eigenvalue weighted by atomic mass is 32.1. The molecule has 17 heavy (non-hydrogen) atoms. The number of carbonyl (C=O) groups excluding carboxylic acids is 1. The third kappa shape index (κ3) is 3.02. The van der Waals surface area contributed by atoms with Gasteiger partial charge in [-0.05, 0) is 6.42 Å². The van der Waals surface area contributed by atoms with Crippen molar-refractivity contribution in [1.82, 2.24) is 15.2 Å². The van der Waals surface area contributed by atoms with Crippen LogP contribution in [0, 0.1) is 0 Å². The van der Waals surface area contributed by atoms with Crippen LogP contribution in [0.2, 0.25) is 0 Å². The van der Waals surface area contributed by atoms with E-state index < -0.39 is 0 Å². The molecule has 94 valence electrons. The normalized spacial score (nSPS) is 23.9. The summed E-state index contributed by atoms with van der Waals surface area (Å²) in [4.78, 5) is 18.0. The molecule has 0 spiro atoms. The Labute approximate surface area is 105 Å². The van der Waals surface area contributed by atoms with Crippen LogP contribution in [0.25, 0.3) is 0 Å². The van der Waals surface area contributed by atoms with E-state index in [2.05, 4.69) is 10.3 Å². The zero-order chi connectivity index (χ0) is 12.3. The highest BCUT2D eigenvalue weighted by Crippen LogP contribution is 2.13. The molecule has 2 heterocycles. The van der Waals surface area contributed by atoms with Gasteiger partial charge >= 0.3 is 0 Å². The molecule has 1 amide bonds. The van der Waals surface area contributed by atoms with E-state index in [-0.39, 0.29) is 18.1 Å². The molecule has 0 aliphatic carbocycles. The summed E-state index contributed by atoms with van der Waals surface area (Å²) in [6, 6.07) is -0.122. The van der Waals surface area contributed by atoms with E-state index in [1.165, 1.54) is 0 Å². The van der Waals surface area contributed by atoms with Crippen molar-refractivity contribution in [2.24, 2.45) is 0 Å². The van der Waals surface area contributed by atoms with Crippen molar-refractivity contribution in [2.45, 2.75) is 25.1 Å². The van der Waals surface area contributed by atoms with Gasteiger partial charge in [0, 0.05) is 26.1 Å². The largest absolute Gasteiger partial charge is 0.380 e. The summed E-state index contributed by atoms with van der Waals surface area (Å²) in [7, 11) is 3.49. The summed E-state index contributed by atoms with van der Waals surface area (Å²) in [5, 5.41) is 5.15. The highest BCUT2D eigenvalue weighted by Gasteiger charge is 2.31. The van der Waals surface area contributed by atoms with Crippen molar-refractivity contribution in [2.75, 3.05) is 20.7 Å². The first kappa shape index (κ1) is 12.5. The Morgan fingerprint density at radius 1 is 1.76 bits per heavy atom. The van der Waals surface area contributed by atoms with E-state index in [9.17, 15) is 4.79 Å². The van der Waals surface area contributed by atoms with Crippen LogP contribution in [0.3, 0.4) is 0 Å². The van der Waals surface area contributed by atoms with Crippen molar-refractivity contribution < 1.29 is 9.53 Å². The van der Waals surface area contributed by atoms with Gasteiger partial charge in [-0.1, -0.05) is 0 Å². The van der Waals surface area contributed by atoms with Crippen molar-refractivity contribution in [3.8, 4) is 0 Å². The van der Waals surface area contributed by atoms with Crippen LogP contribution < -0.4 is 5.32 Å². The second-order valence-electron chi connectivity index (χ2n) is 4.23. The van der Waals surface area contributed by atoms with Crippen LogP contribution >= 0.6 is 11.3 Å². The molecule has 0 saturated carbocycles. The van der Waals surface area contributed by atoms with Crippen molar-refractivity contribution in [1.29, 1.82) is 0 Å². The molecule has 0 bridgehead atoms. The van der Waals surface area contributed by atoms with Gasteiger partial charge in [0.2, 0.25) is 5.91 Å². The molecule has 1 aliphatic heterocycles. The molecular weight excluding hydrogens is 238 g/mol. The van der Waals surface area contributed by atoms with Crippen molar-refractivity contribution in [3.05, 3.63) is 16.6 Å². The number of amides is 1. The number of hydrogen-bond acceptors (Lipinski definition) is 5. The number of nitrogens with zero attached hydrogens (tertiary/aromatic N) is 2. The van der Waals surface area contributed by atoms with Gasteiger partial charge in [0.1, 0.15) is 0 Å². The van der Waals surface area contributed by atoms with E-state index in [0.29, 0.717) is 6.54 Å². The minimum atomic E-state index is -0.122. The van der Waals surface area contributed by atoms with E-state index in [1.807, 2.05) is 12.4 Å². The Hall–Kier alpha value is -0.980. The van der Waals surface area contributed by atoms with Crippen LogP contribution in [0.4, 0.5) is 0 Å². The predicted octanol–water partition coefficient (Wildman–Crippen LogP) is 0.478. The van der Waals surface area contributed by atoms with Gasteiger partial charge in [-0.25, -0.2) is 4.98 Å². The maximum Gasteiger partial charge on any atom is 0.239 e. The van der Waals surface area contributed by atoms with Crippen LogP contribution in [0.1, 0.15) is 12.1 Å². The zero-order valence-corrected chi connectivity index (χ0v) is 10.9. The number of hydrogen-bond donors (Lipinski definition) is 1. The SMILES string of the molecule is COC1CNC(C(=O)N(C)Cc2cscn2)C1. The van der Waals surface area contributed by atoms with Gasteiger partial charge < -0.3 is 15.0 Å². The standard InChI is InChI=1S/C11H17N3O2S/c1-14(5-8-6-17-7-13-8)11(15)10-3-9(16-2)4-12-10/h6-7,9-10,12H,3-5H2,1-2H3. The minimum absolute atomic E-state index is 0.109. The van der Waals surface area contributed by atoms with Gasteiger partial charge in [-0.2, -0.15) is 0 Å². The third-order valence-corrected chi connectivity index (χ3v) is 3.62.